The Labute approximate surface area is 132 Å². The van der Waals surface area contributed by atoms with Crippen molar-refractivity contribution in [1.29, 1.82) is 0 Å². The van der Waals surface area contributed by atoms with Gasteiger partial charge in [-0.25, -0.2) is 4.98 Å². The first-order chi connectivity index (χ1) is 9.44. The van der Waals surface area contributed by atoms with Crippen molar-refractivity contribution >= 4 is 29.2 Å². The number of anilines is 1. The van der Waals surface area contributed by atoms with Gasteiger partial charge in [0.1, 0.15) is 5.82 Å². The maximum atomic E-state index is 6.07. The van der Waals surface area contributed by atoms with Crippen molar-refractivity contribution in [2.24, 2.45) is 0 Å². The van der Waals surface area contributed by atoms with Gasteiger partial charge < -0.3 is 4.90 Å². The Bertz CT molecular complexity index is 456. The molecule has 1 aliphatic rings. The third kappa shape index (κ3) is 3.82. The summed E-state index contributed by atoms with van der Waals surface area (Å²) in [6.45, 7) is 11.1. The monoisotopic (exact) mass is 312 g/mol. The van der Waals surface area contributed by atoms with E-state index in [1.165, 1.54) is 17.7 Å². The topological polar surface area (TPSA) is 16.1 Å². The molecule has 2 nitrogen and oxygen atoms in total. The minimum absolute atomic E-state index is 0.0610. The average Bonchev–Trinajstić information content (AvgIpc) is 2.46. The molecule has 0 spiro atoms. The van der Waals surface area contributed by atoms with Crippen LogP contribution in [0.5, 0.6) is 0 Å². The van der Waals surface area contributed by atoms with Gasteiger partial charge in [-0.05, 0) is 24.1 Å². The van der Waals surface area contributed by atoms with E-state index in [1.807, 2.05) is 0 Å². The molecule has 20 heavy (non-hydrogen) atoms. The molecule has 4 heteroatoms. The molecule has 0 bridgehead atoms. The molecular weight excluding hydrogens is 288 g/mol. The lowest BCUT2D eigenvalue weighted by atomic mass is 9.91. The second kappa shape index (κ2) is 6.57. The van der Waals surface area contributed by atoms with E-state index >= 15 is 0 Å². The van der Waals surface area contributed by atoms with E-state index in [0.717, 1.165) is 29.9 Å². The van der Waals surface area contributed by atoms with Gasteiger partial charge >= 0.3 is 0 Å². The van der Waals surface area contributed by atoms with E-state index < -0.39 is 0 Å². The van der Waals surface area contributed by atoms with Crippen LogP contribution in [-0.2, 0) is 11.3 Å². The quantitative estimate of drug-likeness (QED) is 0.767. The maximum Gasteiger partial charge on any atom is 0.129 e. The Morgan fingerprint density at radius 1 is 1.40 bits per heavy atom. The summed E-state index contributed by atoms with van der Waals surface area (Å²) in [5.41, 5.74) is 2.37. The second-order valence-corrected chi connectivity index (χ2v) is 8.13. The van der Waals surface area contributed by atoms with Gasteiger partial charge in [0.15, 0.2) is 0 Å². The number of rotatable bonds is 3. The molecule has 1 unspecified atom stereocenters. The Hall–Kier alpha value is -0.410. The fourth-order valence-corrected chi connectivity index (χ4v) is 3.70. The highest BCUT2D eigenvalue weighted by molar-refractivity contribution is 8.00. The summed E-state index contributed by atoms with van der Waals surface area (Å²) in [7, 11) is 0. The zero-order valence-corrected chi connectivity index (χ0v) is 14.5. The molecular formula is C16H25ClN2S. The molecule has 0 N–H and O–H groups in total. The Balaban J connectivity index is 2.30. The van der Waals surface area contributed by atoms with Crippen LogP contribution < -0.4 is 4.90 Å². The highest BCUT2D eigenvalue weighted by Crippen LogP contribution is 2.29. The number of pyridine rings is 1. The smallest absolute Gasteiger partial charge is 0.129 e. The average molecular weight is 313 g/mol. The van der Waals surface area contributed by atoms with Gasteiger partial charge in [-0.15, -0.1) is 11.6 Å². The highest BCUT2D eigenvalue weighted by atomic mass is 35.5. The van der Waals surface area contributed by atoms with Gasteiger partial charge in [-0.2, -0.15) is 11.8 Å². The molecule has 0 aromatic carbocycles. The van der Waals surface area contributed by atoms with E-state index in [2.05, 4.69) is 56.5 Å². The first-order valence-corrected chi connectivity index (χ1v) is 8.96. The van der Waals surface area contributed by atoms with E-state index in [-0.39, 0.29) is 5.41 Å². The van der Waals surface area contributed by atoms with E-state index in [9.17, 15) is 0 Å². The SMILES string of the molecule is CCC1CN(c2cc(CCl)cc(C(C)(C)C)n2)CCS1. The van der Waals surface area contributed by atoms with Crippen LogP contribution in [0.15, 0.2) is 12.1 Å². The first kappa shape index (κ1) is 16.0. The molecule has 1 aromatic heterocycles. The van der Waals surface area contributed by atoms with Crippen molar-refractivity contribution in [2.45, 2.75) is 50.7 Å². The number of alkyl halides is 1. The molecule has 1 atom stereocenters. The predicted octanol–water partition coefficient (Wildman–Crippen LogP) is 4.45. The number of hydrogen-bond acceptors (Lipinski definition) is 3. The van der Waals surface area contributed by atoms with Gasteiger partial charge in [0.25, 0.3) is 0 Å². The molecule has 1 fully saturated rings. The van der Waals surface area contributed by atoms with Crippen LogP contribution >= 0.6 is 23.4 Å². The molecule has 0 saturated carbocycles. The largest absolute Gasteiger partial charge is 0.355 e. The van der Waals surface area contributed by atoms with Crippen LogP contribution in [0.1, 0.15) is 45.4 Å². The van der Waals surface area contributed by atoms with Gasteiger partial charge in [-0.1, -0.05) is 27.7 Å². The van der Waals surface area contributed by atoms with E-state index in [4.69, 9.17) is 16.6 Å². The number of halogens is 1. The van der Waals surface area contributed by atoms with Crippen LogP contribution in [0.2, 0.25) is 0 Å². The van der Waals surface area contributed by atoms with Crippen LogP contribution in [0.4, 0.5) is 5.82 Å². The molecule has 1 aliphatic heterocycles. The standard InChI is InChI=1S/C16H25ClN2S/c1-5-13-11-19(6-7-20-13)15-9-12(10-17)8-14(18-15)16(2,3)4/h8-9,13H,5-7,10-11H2,1-4H3. The molecule has 2 heterocycles. The van der Waals surface area contributed by atoms with Crippen molar-refractivity contribution in [3.63, 3.8) is 0 Å². The third-order valence-electron chi connectivity index (χ3n) is 3.71. The summed E-state index contributed by atoms with van der Waals surface area (Å²) >= 11 is 8.15. The maximum absolute atomic E-state index is 6.07. The molecule has 0 amide bonds. The third-order valence-corrected chi connectivity index (χ3v) is 5.39. The summed E-state index contributed by atoms with van der Waals surface area (Å²) in [5, 5.41) is 0.725. The fraction of sp³-hybridized carbons (Fsp3) is 0.688. The zero-order valence-electron chi connectivity index (χ0n) is 12.9. The van der Waals surface area contributed by atoms with Gasteiger partial charge in [0.2, 0.25) is 0 Å². The second-order valence-electron chi connectivity index (χ2n) is 6.45. The molecule has 1 saturated heterocycles. The van der Waals surface area contributed by atoms with Crippen molar-refractivity contribution < 1.29 is 0 Å². The van der Waals surface area contributed by atoms with Gasteiger partial charge in [0, 0.05) is 41.1 Å². The molecule has 0 aliphatic carbocycles. The van der Waals surface area contributed by atoms with Gasteiger partial charge in [-0.3, -0.25) is 0 Å². The molecule has 112 valence electrons. The number of aromatic nitrogens is 1. The number of thioether (sulfide) groups is 1. The summed E-state index contributed by atoms with van der Waals surface area (Å²) in [6, 6.07) is 4.30. The Morgan fingerprint density at radius 3 is 2.75 bits per heavy atom. The summed E-state index contributed by atoms with van der Waals surface area (Å²) in [4.78, 5) is 7.33. The Kier molecular flexibility index (Phi) is 5.25. The van der Waals surface area contributed by atoms with Crippen LogP contribution in [0.3, 0.4) is 0 Å². The van der Waals surface area contributed by atoms with Crippen molar-refractivity contribution in [2.75, 3.05) is 23.7 Å². The van der Waals surface area contributed by atoms with Crippen LogP contribution in [0, 0.1) is 0 Å². The summed E-state index contributed by atoms with van der Waals surface area (Å²) < 4.78 is 0. The molecule has 0 radical (unpaired) electrons. The van der Waals surface area contributed by atoms with Crippen molar-refractivity contribution in [1.82, 2.24) is 4.98 Å². The lowest BCUT2D eigenvalue weighted by Crippen LogP contribution is -2.38. The molecule has 1 aromatic rings. The Morgan fingerprint density at radius 2 is 2.15 bits per heavy atom. The van der Waals surface area contributed by atoms with Crippen molar-refractivity contribution in [3.8, 4) is 0 Å². The van der Waals surface area contributed by atoms with E-state index in [0.29, 0.717) is 5.88 Å². The predicted molar refractivity (Wildman–Crippen MR) is 91.2 cm³/mol. The van der Waals surface area contributed by atoms with E-state index in [1.54, 1.807) is 0 Å². The minimum Gasteiger partial charge on any atom is -0.355 e. The lowest BCUT2D eigenvalue weighted by Gasteiger charge is -2.34. The summed E-state index contributed by atoms with van der Waals surface area (Å²) in [6.07, 6.45) is 1.22. The van der Waals surface area contributed by atoms with Crippen LogP contribution in [0.25, 0.3) is 0 Å². The lowest BCUT2D eigenvalue weighted by molar-refractivity contribution is 0.566. The number of hydrogen-bond donors (Lipinski definition) is 0. The van der Waals surface area contributed by atoms with Crippen molar-refractivity contribution in [3.05, 3.63) is 23.4 Å². The highest BCUT2D eigenvalue weighted by Gasteiger charge is 2.23. The molecule has 2 rings (SSSR count). The number of nitrogens with zero attached hydrogens (tertiary/aromatic N) is 2. The van der Waals surface area contributed by atoms with Crippen LogP contribution in [-0.4, -0.2) is 29.1 Å². The first-order valence-electron chi connectivity index (χ1n) is 7.38. The zero-order chi connectivity index (χ0) is 14.8. The summed E-state index contributed by atoms with van der Waals surface area (Å²) in [5.74, 6) is 2.85. The van der Waals surface area contributed by atoms with Gasteiger partial charge in [0.05, 0.1) is 0 Å². The fourth-order valence-electron chi connectivity index (χ4n) is 2.37. The normalized spacial score (nSPS) is 20.2. The minimum atomic E-state index is 0.0610.